The highest BCUT2D eigenvalue weighted by atomic mass is 16.4. The first-order chi connectivity index (χ1) is 8.24. The van der Waals surface area contributed by atoms with Gasteiger partial charge >= 0.3 is 5.97 Å². The molecule has 2 nitrogen and oxygen atoms in total. The van der Waals surface area contributed by atoms with Gasteiger partial charge in [-0.15, -0.1) is 0 Å². The number of carbonyl (C=O) groups is 1. The number of hydrogen-bond acceptors (Lipinski definition) is 1. The summed E-state index contributed by atoms with van der Waals surface area (Å²) in [6.07, 6.45) is 5.40. The molecule has 17 heavy (non-hydrogen) atoms. The molecule has 0 bridgehead atoms. The highest BCUT2D eigenvalue weighted by Crippen LogP contribution is 2.29. The number of benzene rings is 2. The van der Waals surface area contributed by atoms with Gasteiger partial charge in [-0.1, -0.05) is 42.5 Å². The number of allylic oxidation sites excluding steroid dienone is 1. The summed E-state index contributed by atoms with van der Waals surface area (Å²) in [7, 11) is 0. The van der Waals surface area contributed by atoms with Crippen LogP contribution in [0.4, 0.5) is 0 Å². The van der Waals surface area contributed by atoms with Crippen LogP contribution in [-0.4, -0.2) is 11.1 Å². The highest BCUT2D eigenvalue weighted by Gasteiger charge is 2.09. The number of rotatable bonds is 2. The van der Waals surface area contributed by atoms with Crippen molar-refractivity contribution in [1.82, 2.24) is 0 Å². The molecule has 84 valence electrons. The molecule has 0 heterocycles. The van der Waals surface area contributed by atoms with Crippen molar-refractivity contribution in [3.8, 4) is 0 Å². The van der Waals surface area contributed by atoms with E-state index in [0.717, 1.165) is 17.4 Å². The summed E-state index contributed by atoms with van der Waals surface area (Å²) in [6, 6.07) is 10.1. The van der Waals surface area contributed by atoms with Crippen molar-refractivity contribution in [3.05, 3.63) is 53.1 Å². The summed E-state index contributed by atoms with van der Waals surface area (Å²) in [5.41, 5.74) is 3.49. The van der Waals surface area contributed by atoms with E-state index in [1.54, 1.807) is 0 Å². The maximum absolute atomic E-state index is 10.7. The van der Waals surface area contributed by atoms with Gasteiger partial charge in [-0.3, -0.25) is 4.79 Å². The molecule has 0 amide bonds. The van der Waals surface area contributed by atoms with E-state index in [9.17, 15) is 4.79 Å². The minimum atomic E-state index is -0.787. The van der Waals surface area contributed by atoms with Crippen molar-refractivity contribution in [1.29, 1.82) is 0 Å². The van der Waals surface area contributed by atoms with E-state index >= 15 is 0 Å². The maximum Gasteiger partial charge on any atom is 0.307 e. The Morgan fingerprint density at radius 2 is 2.12 bits per heavy atom. The summed E-state index contributed by atoms with van der Waals surface area (Å²) in [5, 5.41) is 11.1. The maximum atomic E-state index is 10.7. The van der Waals surface area contributed by atoms with Crippen molar-refractivity contribution in [2.24, 2.45) is 0 Å². The fraction of sp³-hybridized carbons (Fsp3) is 0.133. The van der Waals surface area contributed by atoms with Gasteiger partial charge in [0.2, 0.25) is 0 Å². The smallest absolute Gasteiger partial charge is 0.307 e. The van der Waals surface area contributed by atoms with Gasteiger partial charge in [0, 0.05) is 0 Å². The average Bonchev–Trinajstić information content (AvgIpc) is 2.76. The molecule has 0 aliphatic heterocycles. The second kappa shape index (κ2) is 3.74. The number of hydrogen-bond donors (Lipinski definition) is 1. The van der Waals surface area contributed by atoms with Crippen molar-refractivity contribution in [2.75, 3.05) is 0 Å². The Kier molecular flexibility index (Phi) is 2.22. The third kappa shape index (κ3) is 1.72. The molecule has 0 atom stereocenters. The van der Waals surface area contributed by atoms with Gasteiger partial charge in [0.25, 0.3) is 0 Å². The Labute approximate surface area is 99.2 Å². The van der Waals surface area contributed by atoms with Gasteiger partial charge in [0.05, 0.1) is 6.42 Å². The number of aliphatic carboxylic acids is 1. The van der Waals surface area contributed by atoms with Gasteiger partial charge in [0.1, 0.15) is 0 Å². The van der Waals surface area contributed by atoms with Gasteiger partial charge < -0.3 is 5.11 Å². The summed E-state index contributed by atoms with van der Waals surface area (Å²) in [4.78, 5) is 10.7. The second-order valence-corrected chi connectivity index (χ2v) is 4.37. The Morgan fingerprint density at radius 1 is 1.24 bits per heavy atom. The minimum Gasteiger partial charge on any atom is -0.481 e. The molecular formula is C15H12O2. The van der Waals surface area contributed by atoms with E-state index in [0.29, 0.717) is 0 Å². The van der Waals surface area contributed by atoms with E-state index < -0.39 is 5.97 Å². The van der Waals surface area contributed by atoms with Gasteiger partial charge in [0.15, 0.2) is 0 Å². The first kappa shape index (κ1) is 10.1. The van der Waals surface area contributed by atoms with Gasteiger partial charge in [-0.2, -0.15) is 0 Å². The van der Waals surface area contributed by atoms with E-state index in [1.165, 1.54) is 16.5 Å². The van der Waals surface area contributed by atoms with Crippen LogP contribution < -0.4 is 0 Å². The molecular weight excluding hydrogens is 212 g/mol. The average molecular weight is 224 g/mol. The second-order valence-electron chi connectivity index (χ2n) is 4.37. The van der Waals surface area contributed by atoms with Crippen LogP contribution >= 0.6 is 0 Å². The lowest BCUT2D eigenvalue weighted by Crippen LogP contribution is -1.99. The van der Waals surface area contributed by atoms with Gasteiger partial charge in [-0.05, 0) is 33.9 Å². The fourth-order valence-electron chi connectivity index (χ4n) is 2.41. The zero-order chi connectivity index (χ0) is 11.8. The van der Waals surface area contributed by atoms with Crippen molar-refractivity contribution in [2.45, 2.75) is 12.8 Å². The van der Waals surface area contributed by atoms with Crippen LogP contribution in [0.25, 0.3) is 16.8 Å². The zero-order valence-electron chi connectivity index (χ0n) is 9.31. The summed E-state index contributed by atoms with van der Waals surface area (Å²) < 4.78 is 0. The fourth-order valence-corrected chi connectivity index (χ4v) is 2.41. The molecule has 3 rings (SSSR count). The largest absolute Gasteiger partial charge is 0.481 e. The third-order valence-corrected chi connectivity index (χ3v) is 3.19. The molecule has 0 aromatic heterocycles. The molecule has 0 saturated heterocycles. The monoisotopic (exact) mass is 224 g/mol. The van der Waals surface area contributed by atoms with Crippen molar-refractivity contribution >= 4 is 22.8 Å². The van der Waals surface area contributed by atoms with Crippen LogP contribution in [0, 0.1) is 0 Å². The van der Waals surface area contributed by atoms with Crippen LogP contribution in [0.5, 0.6) is 0 Å². The molecule has 0 spiro atoms. The summed E-state index contributed by atoms with van der Waals surface area (Å²) >= 11 is 0. The van der Waals surface area contributed by atoms with Crippen molar-refractivity contribution in [3.63, 3.8) is 0 Å². The lowest BCUT2D eigenvalue weighted by atomic mass is 9.98. The van der Waals surface area contributed by atoms with Gasteiger partial charge in [-0.25, -0.2) is 0 Å². The lowest BCUT2D eigenvalue weighted by molar-refractivity contribution is -0.136. The molecule has 0 saturated carbocycles. The summed E-state index contributed by atoms with van der Waals surface area (Å²) in [6.45, 7) is 0. The van der Waals surface area contributed by atoms with Crippen molar-refractivity contribution < 1.29 is 9.90 Å². The van der Waals surface area contributed by atoms with E-state index in [-0.39, 0.29) is 6.42 Å². The normalized spacial score (nSPS) is 12.9. The van der Waals surface area contributed by atoms with Crippen LogP contribution in [0.15, 0.2) is 36.4 Å². The highest BCUT2D eigenvalue weighted by molar-refractivity contribution is 5.94. The number of carboxylic acid groups (broad SMARTS) is 1. The molecule has 1 N–H and O–H groups in total. The third-order valence-electron chi connectivity index (χ3n) is 3.19. The van der Waals surface area contributed by atoms with Crippen LogP contribution in [0.2, 0.25) is 0 Å². The minimum absolute atomic E-state index is 0.0862. The molecule has 1 aliphatic rings. The number of fused-ring (bicyclic) bond motifs is 3. The molecule has 0 unspecified atom stereocenters. The molecule has 2 aromatic rings. The first-order valence-corrected chi connectivity index (χ1v) is 5.67. The Morgan fingerprint density at radius 3 is 2.94 bits per heavy atom. The Balaban J connectivity index is 2.15. The van der Waals surface area contributed by atoms with E-state index in [1.807, 2.05) is 18.2 Å². The lowest BCUT2D eigenvalue weighted by Gasteiger charge is -2.06. The van der Waals surface area contributed by atoms with Crippen LogP contribution in [-0.2, 0) is 17.6 Å². The van der Waals surface area contributed by atoms with E-state index in [2.05, 4.69) is 24.3 Å². The molecule has 2 heteroatoms. The predicted molar refractivity (Wildman–Crippen MR) is 68.0 cm³/mol. The zero-order valence-corrected chi connectivity index (χ0v) is 9.31. The Hall–Kier alpha value is -2.09. The summed E-state index contributed by atoms with van der Waals surface area (Å²) in [5.74, 6) is -0.787. The predicted octanol–water partition coefficient (Wildman–Crippen LogP) is 3.04. The van der Waals surface area contributed by atoms with Crippen LogP contribution in [0.3, 0.4) is 0 Å². The molecule has 0 radical (unpaired) electrons. The SMILES string of the molecule is O=C(O)Cc1ccc2c3c(ccc2c1)CC=C3. The number of carboxylic acids is 1. The standard InChI is InChI=1S/C15H12O2/c16-15(17)9-10-4-7-14-12(8-10)6-5-11-2-1-3-13(11)14/h1,3-8H,2,9H2,(H,16,17). The van der Waals surface area contributed by atoms with E-state index in [4.69, 9.17) is 5.11 Å². The molecule has 1 aliphatic carbocycles. The first-order valence-electron chi connectivity index (χ1n) is 5.67. The molecule has 0 fully saturated rings. The quantitative estimate of drug-likeness (QED) is 0.851. The topological polar surface area (TPSA) is 37.3 Å². The van der Waals surface area contributed by atoms with Crippen LogP contribution in [0.1, 0.15) is 16.7 Å². The Bertz CT molecular complexity index is 639. The molecule has 2 aromatic carbocycles.